The topological polar surface area (TPSA) is 70.4 Å². The number of amides is 2. The van der Waals surface area contributed by atoms with Crippen LogP contribution in [0.4, 0.5) is 4.79 Å². The zero-order valence-corrected chi connectivity index (χ0v) is 4.93. The van der Waals surface area contributed by atoms with Crippen molar-refractivity contribution in [1.29, 1.82) is 0 Å². The van der Waals surface area contributed by atoms with Crippen molar-refractivity contribution in [2.24, 2.45) is 5.84 Å². The Balaban J connectivity index is 3.25. The monoisotopic (exact) mass is 118 g/mol. The van der Waals surface area contributed by atoms with E-state index in [9.17, 15) is 4.79 Å². The Morgan fingerprint density at radius 2 is 2.12 bits per heavy atom. The SMILES string of the molecule is CN(C)NC(=O)NN. The average molecular weight is 118 g/mol. The van der Waals surface area contributed by atoms with Crippen molar-refractivity contribution in [2.75, 3.05) is 14.1 Å². The molecule has 8 heavy (non-hydrogen) atoms. The van der Waals surface area contributed by atoms with Gasteiger partial charge in [0.25, 0.3) is 0 Å². The van der Waals surface area contributed by atoms with E-state index < -0.39 is 6.03 Å². The highest BCUT2D eigenvalue weighted by Crippen LogP contribution is 1.61. The van der Waals surface area contributed by atoms with Crippen molar-refractivity contribution >= 4 is 6.03 Å². The van der Waals surface area contributed by atoms with Crippen molar-refractivity contribution in [2.45, 2.75) is 0 Å². The van der Waals surface area contributed by atoms with E-state index >= 15 is 0 Å². The largest absolute Gasteiger partial charge is 0.343 e. The zero-order chi connectivity index (χ0) is 6.57. The van der Waals surface area contributed by atoms with Gasteiger partial charge in [0.15, 0.2) is 0 Å². The molecule has 0 radical (unpaired) electrons. The molecule has 0 rings (SSSR count). The Hall–Kier alpha value is -0.810. The van der Waals surface area contributed by atoms with E-state index in [4.69, 9.17) is 5.84 Å². The molecule has 0 aliphatic heterocycles. The van der Waals surface area contributed by atoms with E-state index in [2.05, 4.69) is 5.43 Å². The lowest BCUT2D eigenvalue weighted by Gasteiger charge is -2.09. The van der Waals surface area contributed by atoms with Crippen molar-refractivity contribution in [3.8, 4) is 0 Å². The van der Waals surface area contributed by atoms with Crippen molar-refractivity contribution in [1.82, 2.24) is 15.9 Å². The molecule has 0 bridgehead atoms. The normalized spacial score (nSPS) is 9.00. The fourth-order valence-corrected chi connectivity index (χ4v) is 0.235. The molecule has 0 aromatic carbocycles. The molecule has 0 atom stereocenters. The third kappa shape index (κ3) is 3.38. The highest BCUT2D eigenvalue weighted by atomic mass is 16.2. The molecule has 0 unspecified atom stereocenters. The minimum atomic E-state index is -0.421. The highest BCUT2D eigenvalue weighted by Gasteiger charge is 1.93. The molecule has 48 valence electrons. The third-order valence-electron chi connectivity index (χ3n) is 0.456. The number of nitrogens with zero attached hydrogens (tertiary/aromatic N) is 1. The van der Waals surface area contributed by atoms with Gasteiger partial charge in [-0.05, 0) is 0 Å². The van der Waals surface area contributed by atoms with Crippen LogP contribution in [0.15, 0.2) is 0 Å². The molecule has 0 spiro atoms. The molecule has 4 N–H and O–H groups in total. The Morgan fingerprint density at radius 1 is 1.62 bits per heavy atom. The number of hydrogen-bond donors (Lipinski definition) is 3. The van der Waals surface area contributed by atoms with Gasteiger partial charge in [0.2, 0.25) is 0 Å². The Bertz CT molecular complexity index is 81.4. The van der Waals surface area contributed by atoms with Gasteiger partial charge in [-0.1, -0.05) is 0 Å². The number of nitrogens with one attached hydrogen (secondary N) is 2. The number of hydrazine groups is 2. The van der Waals surface area contributed by atoms with Gasteiger partial charge >= 0.3 is 6.03 Å². The summed E-state index contributed by atoms with van der Waals surface area (Å²) in [7, 11) is 3.38. The zero-order valence-electron chi connectivity index (χ0n) is 4.93. The fourth-order valence-electron chi connectivity index (χ4n) is 0.235. The van der Waals surface area contributed by atoms with Gasteiger partial charge in [-0.2, -0.15) is 0 Å². The van der Waals surface area contributed by atoms with Crippen LogP contribution in [0.1, 0.15) is 0 Å². The third-order valence-corrected chi connectivity index (χ3v) is 0.456. The van der Waals surface area contributed by atoms with Crippen LogP contribution in [0.5, 0.6) is 0 Å². The van der Waals surface area contributed by atoms with Gasteiger partial charge < -0.3 is 0 Å². The Labute approximate surface area is 47.8 Å². The lowest BCUT2D eigenvalue weighted by Crippen LogP contribution is -2.46. The van der Waals surface area contributed by atoms with Gasteiger partial charge in [0.1, 0.15) is 0 Å². The number of hydrogen-bond acceptors (Lipinski definition) is 3. The van der Waals surface area contributed by atoms with Crippen LogP contribution in [0.25, 0.3) is 0 Å². The molecular weight excluding hydrogens is 108 g/mol. The van der Waals surface area contributed by atoms with Crippen molar-refractivity contribution in [3.05, 3.63) is 0 Å². The average Bonchev–Trinajstić information content (AvgIpc) is 1.65. The smallest absolute Gasteiger partial charge is 0.275 e. The van der Waals surface area contributed by atoms with E-state index in [1.54, 1.807) is 14.1 Å². The first-order valence-corrected chi connectivity index (χ1v) is 2.11. The second-order valence-electron chi connectivity index (χ2n) is 1.48. The van der Waals surface area contributed by atoms with Gasteiger partial charge in [-0.15, -0.1) is 0 Å². The molecule has 0 aromatic rings. The predicted molar refractivity (Wildman–Crippen MR) is 29.5 cm³/mol. The van der Waals surface area contributed by atoms with Crippen molar-refractivity contribution in [3.63, 3.8) is 0 Å². The van der Waals surface area contributed by atoms with Gasteiger partial charge in [-0.3, -0.25) is 10.9 Å². The van der Waals surface area contributed by atoms with Crippen LogP contribution in [0.3, 0.4) is 0 Å². The van der Waals surface area contributed by atoms with Crippen molar-refractivity contribution < 1.29 is 4.79 Å². The Morgan fingerprint density at radius 3 is 2.25 bits per heavy atom. The van der Waals surface area contributed by atoms with Crippen LogP contribution < -0.4 is 16.7 Å². The lowest BCUT2D eigenvalue weighted by molar-refractivity contribution is 0.212. The van der Waals surface area contributed by atoms with E-state index in [1.165, 1.54) is 5.01 Å². The summed E-state index contributed by atoms with van der Waals surface area (Å²) < 4.78 is 0. The van der Waals surface area contributed by atoms with Gasteiger partial charge in [0, 0.05) is 14.1 Å². The summed E-state index contributed by atoms with van der Waals surface area (Å²) in [6.45, 7) is 0. The van der Waals surface area contributed by atoms with Gasteiger partial charge in [-0.25, -0.2) is 15.6 Å². The first-order chi connectivity index (χ1) is 3.66. The second kappa shape index (κ2) is 3.23. The molecular formula is C3H10N4O. The maximum absolute atomic E-state index is 10.2. The molecule has 5 heteroatoms. The fraction of sp³-hybridized carbons (Fsp3) is 0.667. The van der Waals surface area contributed by atoms with Crippen LogP contribution in [-0.2, 0) is 0 Å². The minimum Gasteiger partial charge on any atom is -0.275 e. The predicted octanol–water partition coefficient (Wildman–Crippen LogP) is -1.36. The summed E-state index contributed by atoms with van der Waals surface area (Å²) in [5, 5.41) is 1.49. The first-order valence-electron chi connectivity index (χ1n) is 2.11. The maximum Gasteiger partial charge on any atom is 0.343 e. The second-order valence-corrected chi connectivity index (χ2v) is 1.48. The van der Waals surface area contributed by atoms with E-state index in [1.807, 2.05) is 5.43 Å². The molecule has 0 fully saturated rings. The number of carbonyl (C=O) groups is 1. The molecule has 0 aliphatic rings. The summed E-state index contributed by atoms with van der Waals surface area (Å²) in [6.07, 6.45) is 0. The first kappa shape index (κ1) is 7.19. The molecule has 0 aliphatic carbocycles. The number of urea groups is 1. The number of nitrogens with two attached hydrogens (primary N) is 1. The van der Waals surface area contributed by atoms with Crippen LogP contribution in [-0.4, -0.2) is 25.1 Å². The van der Waals surface area contributed by atoms with E-state index in [0.29, 0.717) is 0 Å². The number of rotatable bonds is 1. The van der Waals surface area contributed by atoms with Crippen LogP contribution in [0.2, 0.25) is 0 Å². The van der Waals surface area contributed by atoms with E-state index in [-0.39, 0.29) is 0 Å². The quantitative estimate of drug-likeness (QED) is 0.226. The van der Waals surface area contributed by atoms with Crippen LogP contribution >= 0.6 is 0 Å². The molecule has 5 nitrogen and oxygen atoms in total. The van der Waals surface area contributed by atoms with E-state index in [0.717, 1.165) is 0 Å². The summed E-state index contributed by atoms with van der Waals surface area (Å²) in [5.74, 6) is 4.73. The summed E-state index contributed by atoms with van der Waals surface area (Å²) in [4.78, 5) is 10.2. The molecule has 0 aromatic heterocycles. The van der Waals surface area contributed by atoms with Gasteiger partial charge in [0.05, 0.1) is 0 Å². The summed E-state index contributed by atoms with van der Waals surface area (Å²) in [6, 6.07) is -0.421. The van der Waals surface area contributed by atoms with Crippen LogP contribution in [0, 0.1) is 0 Å². The molecule has 0 heterocycles. The molecule has 0 saturated carbocycles. The summed E-state index contributed by atoms with van der Waals surface area (Å²) >= 11 is 0. The highest BCUT2D eigenvalue weighted by molar-refractivity contribution is 5.72. The number of carbonyl (C=O) groups excluding carboxylic acids is 1. The minimum absolute atomic E-state index is 0.421. The summed E-state index contributed by atoms with van der Waals surface area (Å²) in [5.41, 5.74) is 4.26. The molecule has 2 amide bonds. The standard InChI is InChI=1S/C3H10N4O/c1-7(2)6-3(8)5-4/h4H2,1-2H3,(H2,5,6,8). The molecule has 0 saturated heterocycles. The maximum atomic E-state index is 10.2. The lowest BCUT2D eigenvalue weighted by atomic mass is 11.0. The Kier molecular flexibility index (Phi) is 2.90.